The maximum atomic E-state index is 13.7. The molecule has 1 saturated carbocycles. The lowest BCUT2D eigenvalue weighted by atomic mass is 10.1. The van der Waals surface area contributed by atoms with Crippen LogP contribution in [0.15, 0.2) is 41.4 Å². The zero-order valence-electron chi connectivity index (χ0n) is 11.1. The normalized spacial score (nSPS) is 22.3. The molecule has 1 aliphatic rings. The standard InChI is InChI=1S/C15H17BrFN3/c16-12-4-5-13(17)11(8-12)9-19-14-2-1-3-15(14)20-7-6-18-10-20/h4-8,10,14-15,19H,1-3,9H2. The highest BCUT2D eigenvalue weighted by Gasteiger charge is 2.27. The molecule has 1 heterocycles. The molecule has 20 heavy (non-hydrogen) atoms. The Balaban J connectivity index is 1.67. The van der Waals surface area contributed by atoms with Crippen LogP contribution < -0.4 is 5.32 Å². The molecule has 2 unspecified atom stereocenters. The third kappa shape index (κ3) is 2.94. The van der Waals surface area contributed by atoms with Gasteiger partial charge in [-0.1, -0.05) is 15.9 Å². The summed E-state index contributed by atoms with van der Waals surface area (Å²) in [7, 11) is 0. The number of benzene rings is 1. The van der Waals surface area contributed by atoms with Gasteiger partial charge in [0.25, 0.3) is 0 Å². The van der Waals surface area contributed by atoms with Crippen LogP contribution in [0.2, 0.25) is 0 Å². The van der Waals surface area contributed by atoms with Crippen LogP contribution in [0.3, 0.4) is 0 Å². The second-order valence-electron chi connectivity index (χ2n) is 5.23. The van der Waals surface area contributed by atoms with Crippen LogP contribution in [-0.4, -0.2) is 15.6 Å². The van der Waals surface area contributed by atoms with Crippen LogP contribution in [0.5, 0.6) is 0 Å². The summed E-state index contributed by atoms with van der Waals surface area (Å²) in [6.45, 7) is 0.557. The highest BCUT2D eigenvalue weighted by atomic mass is 79.9. The smallest absolute Gasteiger partial charge is 0.127 e. The molecule has 1 aromatic heterocycles. The van der Waals surface area contributed by atoms with Gasteiger partial charge in [-0.3, -0.25) is 0 Å². The van der Waals surface area contributed by atoms with Crippen molar-refractivity contribution in [2.24, 2.45) is 0 Å². The molecule has 0 aliphatic heterocycles. The molecule has 3 rings (SSSR count). The summed E-state index contributed by atoms with van der Waals surface area (Å²) < 4.78 is 16.8. The molecule has 2 aromatic rings. The summed E-state index contributed by atoms with van der Waals surface area (Å²) in [5.41, 5.74) is 0.704. The van der Waals surface area contributed by atoms with Crippen LogP contribution in [-0.2, 0) is 6.54 Å². The highest BCUT2D eigenvalue weighted by Crippen LogP contribution is 2.30. The average Bonchev–Trinajstić information content (AvgIpc) is 3.09. The predicted molar refractivity (Wildman–Crippen MR) is 79.8 cm³/mol. The van der Waals surface area contributed by atoms with E-state index in [9.17, 15) is 4.39 Å². The van der Waals surface area contributed by atoms with Gasteiger partial charge >= 0.3 is 0 Å². The zero-order valence-corrected chi connectivity index (χ0v) is 12.7. The summed E-state index contributed by atoms with van der Waals surface area (Å²) >= 11 is 3.39. The second-order valence-corrected chi connectivity index (χ2v) is 6.15. The second kappa shape index (κ2) is 6.06. The van der Waals surface area contributed by atoms with Crippen LogP contribution in [0.1, 0.15) is 30.9 Å². The van der Waals surface area contributed by atoms with Gasteiger partial charge in [0.2, 0.25) is 0 Å². The molecule has 2 atom stereocenters. The van der Waals surface area contributed by atoms with E-state index in [1.54, 1.807) is 6.07 Å². The van der Waals surface area contributed by atoms with Gasteiger partial charge in [0.05, 0.1) is 6.33 Å². The van der Waals surface area contributed by atoms with E-state index in [0.29, 0.717) is 24.2 Å². The first-order chi connectivity index (χ1) is 9.74. The molecule has 5 heteroatoms. The lowest BCUT2D eigenvalue weighted by Gasteiger charge is -2.22. The Bertz CT molecular complexity index is 571. The minimum Gasteiger partial charge on any atom is -0.333 e. The number of halogens is 2. The summed E-state index contributed by atoms with van der Waals surface area (Å²) in [6, 6.07) is 5.87. The Morgan fingerprint density at radius 3 is 3.10 bits per heavy atom. The van der Waals surface area contributed by atoms with Crippen LogP contribution >= 0.6 is 15.9 Å². The van der Waals surface area contributed by atoms with Crippen molar-refractivity contribution in [3.05, 3.63) is 52.8 Å². The Kier molecular flexibility index (Phi) is 4.17. The van der Waals surface area contributed by atoms with Crippen molar-refractivity contribution in [1.29, 1.82) is 0 Å². The zero-order chi connectivity index (χ0) is 13.9. The number of hydrogen-bond donors (Lipinski definition) is 1. The minimum absolute atomic E-state index is 0.155. The van der Waals surface area contributed by atoms with Crippen LogP contribution in [0.25, 0.3) is 0 Å². The summed E-state index contributed by atoms with van der Waals surface area (Å²) in [5, 5.41) is 3.49. The van der Waals surface area contributed by atoms with Gasteiger partial charge in [0.1, 0.15) is 5.82 Å². The van der Waals surface area contributed by atoms with Gasteiger partial charge in [-0.2, -0.15) is 0 Å². The Morgan fingerprint density at radius 1 is 1.40 bits per heavy atom. The van der Waals surface area contributed by atoms with Crippen LogP contribution in [0, 0.1) is 5.82 Å². The molecule has 0 bridgehead atoms. The van der Waals surface area contributed by atoms with E-state index in [2.05, 4.69) is 30.8 Å². The van der Waals surface area contributed by atoms with E-state index in [1.165, 1.54) is 12.5 Å². The largest absolute Gasteiger partial charge is 0.333 e. The third-order valence-electron chi connectivity index (χ3n) is 3.95. The summed E-state index contributed by atoms with van der Waals surface area (Å²) in [5.74, 6) is -0.155. The fraction of sp³-hybridized carbons (Fsp3) is 0.400. The highest BCUT2D eigenvalue weighted by molar-refractivity contribution is 9.10. The van der Waals surface area contributed by atoms with Gasteiger partial charge in [-0.25, -0.2) is 9.37 Å². The Labute approximate surface area is 126 Å². The van der Waals surface area contributed by atoms with Gasteiger partial charge < -0.3 is 9.88 Å². The van der Waals surface area contributed by atoms with E-state index < -0.39 is 0 Å². The summed E-state index contributed by atoms with van der Waals surface area (Å²) in [4.78, 5) is 4.11. The molecule has 1 aromatic carbocycles. The molecule has 0 radical (unpaired) electrons. The van der Waals surface area contributed by atoms with E-state index in [4.69, 9.17) is 0 Å². The topological polar surface area (TPSA) is 29.9 Å². The fourth-order valence-electron chi connectivity index (χ4n) is 2.92. The van der Waals surface area contributed by atoms with Crippen molar-refractivity contribution in [2.75, 3.05) is 0 Å². The minimum atomic E-state index is -0.155. The number of aromatic nitrogens is 2. The molecule has 1 aliphatic carbocycles. The average molecular weight is 338 g/mol. The molecular weight excluding hydrogens is 321 g/mol. The molecular formula is C15H17BrFN3. The molecule has 1 N–H and O–H groups in total. The van der Waals surface area contributed by atoms with Gasteiger partial charge in [-0.05, 0) is 37.5 Å². The van der Waals surface area contributed by atoms with E-state index >= 15 is 0 Å². The van der Waals surface area contributed by atoms with Gasteiger partial charge in [-0.15, -0.1) is 0 Å². The first-order valence-corrected chi connectivity index (χ1v) is 7.68. The van der Waals surface area contributed by atoms with Crippen molar-refractivity contribution in [1.82, 2.24) is 14.9 Å². The van der Waals surface area contributed by atoms with Crippen molar-refractivity contribution in [3.63, 3.8) is 0 Å². The fourth-order valence-corrected chi connectivity index (χ4v) is 3.33. The van der Waals surface area contributed by atoms with E-state index in [0.717, 1.165) is 17.3 Å². The van der Waals surface area contributed by atoms with E-state index in [-0.39, 0.29) is 5.82 Å². The maximum Gasteiger partial charge on any atom is 0.127 e. The first-order valence-electron chi connectivity index (χ1n) is 6.89. The molecule has 1 fully saturated rings. The van der Waals surface area contributed by atoms with Crippen LogP contribution in [0.4, 0.5) is 4.39 Å². The molecule has 0 spiro atoms. The van der Waals surface area contributed by atoms with Crippen molar-refractivity contribution in [2.45, 2.75) is 37.9 Å². The number of imidazole rings is 1. The van der Waals surface area contributed by atoms with Gasteiger partial charge in [0, 0.05) is 41.1 Å². The Morgan fingerprint density at radius 2 is 2.30 bits per heavy atom. The summed E-state index contributed by atoms with van der Waals surface area (Å²) in [6.07, 6.45) is 9.15. The molecule has 0 amide bonds. The quantitative estimate of drug-likeness (QED) is 0.922. The number of nitrogens with zero attached hydrogens (tertiary/aromatic N) is 2. The number of rotatable bonds is 4. The van der Waals surface area contributed by atoms with Crippen molar-refractivity contribution >= 4 is 15.9 Å². The molecule has 106 valence electrons. The lowest BCUT2D eigenvalue weighted by molar-refractivity contribution is 0.388. The van der Waals surface area contributed by atoms with Crippen molar-refractivity contribution < 1.29 is 4.39 Å². The van der Waals surface area contributed by atoms with Crippen molar-refractivity contribution in [3.8, 4) is 0 Å². The Hall–Kier alpha value is -1.20. The lowest BCUT2D eigenvalue weighted by Crippen LogP contribution is -2.33. The number of nitrogens with one attached hydrogen (secondary N) is 1. The molecule has 3 nitrogen and oxygen atoms in total. The first kappa shape index (κ1) is 13.8. The molecule has 0 saturated heterocycles. The monoisotopic (exact) mass is 337 g/mol. The van der Waals surface area contributed by atoms with E-state index in [1.807, 2.05) is 24.8 Å². The SMILES string of the molecule is Fc1ccc(Br)cc1CNC1CCCC1n1ccnc1. The van der Waals surface area contributed by atoms with Gasteiger partial charge in [0.15, 0.2) is 0 Å². The maximum absolute atomic E-state index is 13.7. The predicted octanol–water partition coefficient (Wildman–Crippen LogP) is 3.67. The third-order valence-corrected chi connectivity index (χ3v) is 4.44. The number of hydrogen-bond acceptors (Lipinski definition) is 2.